The van der Waals surface area contributed by atoms with E-state index in [1.807, 2.05) is 12.2 Å². The van der Waals surface area contributed by atoms with Gasteiger partial charge in [0.25, 0.3) is 5.97 Å². The summed E-state index contributed by atoms with van der Waals surface area (Å²) in [7, 11) is 0. The van der Waals surface area contributed by atoms with Crippen LogP contribution in [0, 0.1) is 0 Å². The molecule has 0 amide bonds. The molecule has 0 saturated heterocycles. The van der Waals surface area contributed by atoms with Crippen molar-refractivity contribution < 1.29 is 9.90 Å². The van der Waals surface area contributed by atoms with E-state index in [1.165, 1.54) is 70.8 Å². The van der Waals surface area contributed by atoms with E-state index in [0.717, 1.165) is 20.0 Å². The van der Waals surface area contributed by atoms with Gasteiger partial charge in [-0.3, -0.25) is 9.69 Å². The molecule has 0 aromatic rings. The van der Waals surface area contributed by atoms with Gasteiger partial charge in [-0.05, 0) is 13.0 Å². The Morgan fingerprint density at radius 2 is 1.22 bits per heavy atom. The molecule has 0 rings (SSSR count). The Kier molecular flexibility index (Phi) is 22.0. The molecule has 0 bridgehead atoms. The molecule has 0 aliphatic heterocycles. The van der Waals surface area contributed by atoms with Crippen LogP contribution in [-0.2, 0) is 4.79 Å². The highest BCUT2D eigenvalue weighted by atomic mass is 16.4. The maximum absolute atomic E-state index is 9.00. The lowest BCUT2D eigenvalue weighted by atomic mass is 10.1. The normalized spacial score (nSPS) is 10.0. The lowest BCUT2D eigenvalue weighted by molar-refractivity contribution is -0.134. The third kappa shape index (κ3) is 26.1. The van der Waals surface area contributed by atoms with Crippen molar-refractivity contribution in [2.24, 2.45) is 0 Å². The molecule has 136 valence electrons. The van der Waals surface area contributed by atoms with Gasteiger partial charge in [0.15, 0.2) is 0 Å². The van der Waals surface area contributed by atoms with Gasteiger partial charge >= 0.3 is 0 Å². The van der Waals surface area contributed by atoms with Crippen molar-refractivity contribution in [3.8, 4) is 0 Å². The van der Waals surface area contributed by atoms with E-state index in [0.29, 0.717) is 0 Å². The number of hydrogen-bond acceptors (Lipinski definition) is 2. The van der Waals surface area contributed by atoms with Crippen molar-refractivity contribution >= 4 is 5.97 Å². The van der Waals surface area contributed by atoms with Crippen LogP contribution in [0.25, 0.3) is 0 Å². The fourth-order valence-electron chi connectivity index (χ4n) is 2.45. The zero-order valence-electron chi connectivity index (χ0n) is 15.6. The van der Waals surface area contributed by atoms with Crippen molar-refractivity contribution in [1.82, 2.24) is 4.90 Å². The molecule has 3 nitrogen and oxygen atoms in total. The Balaban J connectivity index is 0. The molecule has 0 heterocycles. The van der Waals surface area contributed by atoms with E-state index in [4.69, 9.17) is 9.90 Å². The van der Waals surface area contributed by atoms with Gasteiger partial charge in [-0.2, -0.15) is 0 Å². The maximum Gasteiger partial charge on any atom is 0.300 e. The predicted octanol–water partition coefficient (Wildman–Crippen LogP) is 5.67. The second-order valence-electron chi connectivity index (χ2n) is 6.04. The van der Waals surface area contributed by atoms with Crippen LogP contribution in [-0.4, -0.2) is 35.6 Å². The Hall–Kier alpha value is -1.09. The maximum atomic E-state index is 9.00. The summed E-state index contributed by atoms with van der Waals surface area (Å²) in [6.45, 7) is 14.1. The monoisotopic (exact) mass is 325 g/mol. The van der Waals surface area contributed by atoms with Crippen LogP contribution >= 0.6 is 0 Å². The van der Waals surface area contributed by atoms with E-state index >= 15 is 0 Å². The highest BCUT2D eigenvalue weighted by Crippen LogP contribution is 2.10. The van der Waals surface area contributed by atoms with Gasteiger partial charge in [0.1, 0.15) is 0 Å². The number of unbranched alkanes of at least 4 members (excludes halogenated alkanes) is 9. The molecule has 0 unspecified atom stereocenters. The summed E-state index contributed by atoms with van der Waals surface area (Å²) < 4.78 is 0. The first-order valence-corrected chi connectivity index (χ1v) is 9.22. The van der Waals surface area contributed by atoms with E-state index in [1.54, 1.807) is 0 Å². The molecule has 0 spiro atoms. The zero-order chi connectivity index (χ0) is 17.8. The molecule has 0 aliphatic rings. The topological polar surface area (TPSA) is 40.5 Å². The van der Waals surface area contributed by atoms with Crippen molar-refractivity contribution in [3.63, 3.8) is 0 Å². The first-order valence-electron chi connectivity index (χ1n) is 9.22. The molecule has 1 N–H and O–H groups in total. The number of nitrogens with zero attached hydrogens (tertiary/aromatic N) is 1. The third-order valence-corrected chi connectivity index (χ3v) is 3.60. The summed E-state index contributed by atoms with van der Waals surface area (Å²) in [6, 6.07) is 0. The van der Waals surface area contributed by atoms with Crippen LogP contribution in [0.4, 0.5) is 0 Å². The highest BCUT2D eigenvalue weighted by molar-refractivity contribution is 5.62. The van der Waals surface area contributed by atoms with Crippen molar-refractivity contribution in [2.45, 2.75) is 78.1 Å². The quantitative estimate of drug-likeness (QED) is 0.311. The minimum atomic E-state index is -0.833. The minimum Gasteiger partial charge on any atom is -0.481 e. The SMILES string of the molecule is C=CCN(CC=C)CCCCCCCCCCCC.CC(=O)O. The summed E-state index contributed by atoms with van der Waals surface area (Å²) in [5.74, 6) is -0.833. The molecular weight excluding hydrogens is 286 g/mol. The number of carbonyl (C=O) groups is 1. The summed E-state index contributed by atoms with van der Waals surface area (Å²) in [6.07, 6.45) is 18.0. The molecule has 0 saturated carbocycles. The second kappa shape index (κ2) is 20.9. The molecule has 0 aliphatic carbocycles. The van der Waals surface area contributed by atoms with Gasteiger partial charge in [0.05, 0.1) is 0 Å². The summed E-state index contributed by atoms with van der Waals surface area (Å²) >= 11 is 0. The minimum absolute atomic E-state index is 0.833. The Morgan fingerprint density at radius 1 is 0.870 bits per heavy atom. The first-order chi connectivity index (χ1) is 11.1. The van der Waals surface area contributed by atoms with Gasteiger partial charge in [-0.15, -0.1) is 13.2 Å². The van der Waals surface area contributed by atoms with E-state index in [-0.39, 0.29) is 0 Å². The fraction of sp³-hybridized carbons (Fsp3) is 0.750. The van der Waals surface area contributed by atoms with Gasteiger partial charge in [-0.25, -0.2) is 0 Å². The fourth-order valence-corrected chi connectivity index (χ4v) is 2.45. The number of rotatable bonds is 15. The lowest BCUT2D eigenvalue weighted by Gasteiger charge is -2.18. The largest absolute Gasteiger partial charge is 0.481 e. The molecule has 0 atom stereocenters. The van der Waals surface area contributed by atoms with Crippen LogP contribution in [0.2, 0.25) is 0 Å². The Bertz CT molecular complexity index is 263. The molecule has 3 heteroatoms. The second-order valence-corrected chi connectivity index (χ2v) is 6.04. The van der Waals surface area contributed by atoms with Crippen molar-refractivity contribution in [3.05, 3.63) is 25.3 Å². The lowest BCUT2D eigenvalue weighted by Crippen LogP contribution is -2.24. The Morgan fingerprint density at radius 3 is 1.57 bits per heavy atom. The van der Waals surface area contributed by atoms with Gasteiger partial charge < -0.3 is 5.11 Å². The molecular formula is C20H39NO2. The number of carboxylic acids is 1. The van der Waals surface area contributed by atoms with E-state index < -0.39 is 5.97 Å². The first kappa shape index (κ1) is 24.2. The third-order valence-electron chi connectivity index (χ3n) is 3.60. The van der Waals surface area contributed by atoms with Gasteiger partial charge in [-0.1, -0.05) is 76.9 Å². The van der Waals surface area contributed by atoms with Crippen molar-refractivity contribution in [2.75, 3.05) is 19.6 Å². The molecule has 0 fully saturated rings. The van der Waals surface area contributed by atoms with Crippen LogP contribution in [0.3, 0.4) is 0 Å². The molecule has 23 heavy (non-hydrogen) atoms. The Labute approximate surface area is 144 Å². The number of hydrogen-bond donors (Lipinski definition) is 1. The standard InChI is InChI=1S/C18H35N.C2H4O2/c1-4-7-8-9-10-11-12-13-14-15-18-19(16-5-2)17-6-3;1-2(3)4/h5-6H,2-4,7-18H2,1H3;1H3,(H,3,4). The summed E-state index contributed by atoms with van der Waals surface area (Å²) in [5.41, 5.74) is 0. The van der Waals surface area contributed by atoms with Crippen LogP contribution in [0.15, 0.2) is 25.3 Å². The highest BCUT2D eigenvalue weighted by Gasteiger charge is 1.99. The van der Waals surface area contributed by atoms with Crippen LogP contribution in [0.1, 0.15) is 78.1 Å². The smallest absolute Gasteiger partial charge is 0.300 e. The molecule has 0 aromatic carbocycles. The van der Waals surface area contributed by atoms with E-state index in [2.05, 4.69) is 25.0 Å². The average Bonchev–Trinajstić information content (AvgIpc) is 2.49. The molecule has 0 radical (unpaired) electrons. The van der Waals surface area contributed by atoms with Crippen molar-refractivity contribution in [1.29, 1.82) is 0 Å². The van der Waals surface area contributed by atoms with Gasteiger partial charge in [0.2, 0.25) is 0 Å². The average molecular weight is 326 g/mol. The zero-order valence-corrected chi connectivity index (χ0v) is 15.6. The summed E-state index contributed by atoms with van der Waals surface area (Å²) in [5, 5.41) is 7.42. The molecule has 0 aromatic heterocycles. The van der Waals surface area contributed by atoms with Gasteiger partial charge in [0, 0.05) is 20.0 Å². The predicted molar refractivity (Wildman–Crippen MR) is 102 cm³/mol. The number of aliphatic carboxylic acids is 1. The van der Waals surface area contributed by atoms with E-state index in [9.17, 15) is 0 Å². The summed E-state index contributed by atoms with van der Waals surface area (Å²) in [4.78, 5) is 11.4. The number of carboxylic acid groups (broad SMARTS) is 1. The van der Waals surface area contributed by atoms with Crippen LogP contribution in [0.5, 0.6) is 0 Å². The van der Waals surface area contributed by atoms with Crippen LogP contribution < -0.4 is 0 Å².